The fraction of sp³-hybridized carbons (Fsp3) is 0.200. The minimum Gasteiger partial charge on any atom is -0.383 e. The van der Waals surface area contributed by atoms with Crippen molar-refractivity contribution >= 4 is 21.8 Å². The molecule has 27 heavy (non-hydrogen) atoms. The molecule has 0 bridgehead atoms. The highest BCUT2D eigenvalue weighted by Gasteiger charge is 2.10. The molecule has 0 N–H and O–H groups in total. The van der Waals surface area contributed by atoms with Crippen LogP contribution in [0, 0.1) is 0 Å². The van der Waals surface area contributed by atoms with Crippen molar-refractivity contribution in [1.29, 1.82) is 0 Å². The molecule has 4 aromatic heterocycles. The first-order valence-corrected chi connectivity index (χ1v) is 8.59. The second-order valence-electron chi connectivity index (χ2n) is 6.23. The van der Waals surface area contributed by atoms with Crippen molar-refractivity contribution in [3.8, 4) is 0 Å². The van der Waals surface area contributed by atoms with E-state index in [1.54, 1.807) is 53.0 Å². The van der Waals surface area contributed by atoms with Gasteiger partial charge in [0.15, 0.2) is 0 Å². The van der Waals surface area contributed by atoms with E-state index < -0.39 is 0 Å². The molecular formula is C20H18N4O3. The lowest BCUT2D eigenvalue weighted by atomic mass is 10.2. The van der Waals surface area contributed by atoms with E-state index in [2.05, 4.69) is 9.97 Å². The van der Waals surface area contributed by atoms with Crippen LogP contribution in [0.15, 0.2) is 64.6 Å². The molecular weight excluding hydrogens is 344 g/mol. The van der Waals surface area contributed by atoms with Gasteiger partial charge in [-0.3, -0.25) is 14.6 Å². The summed E-state index contributed by atoms with van der Waals surface area (Å²) >= 11 is 0. The third-order valence-corrected chi connectivity index (χ3v) is 4.48. The van der Waals surface area contributed by atoms with Crippen molar-refractivity contribution in [2.75, 3.05) is 13.7 Å². The van der Waals surface area contributed by atoms with Crippen LogP contribution >= 0.6 is 0 Å². The number of hydrogen-bond acceptors (Lipinski definition) is 5. The molecule has 0 unspecified atom stereocenters. The Morgan fingerprint density at radius 1 is 0.963 bits per heavy atom. The minimum absolute atomic E-state index is 0.182. The summed E-state index contributed by atoms with van der Waals surface area (Å²) in [5.74, 6) is 0. The molecule has 0 atom stereocenters. The third-order valence-electron chi connectivity index (χ3n) is 4.48. The highest BCUT2D eigenvalue weighted by molar-refractivity contribution is 5.91. The normalized spacial score (nSPS) is 11.3. The van der Waals surface area contributed by atoms with Gasteiger partial charge in [-0.25, -0.2) is 4.98 Å². The van der Waals surface area contributed by atoms with Crippen molar-refractivity contribution in [2.45, 2.75) is 13.1 Å². The zero-order chi connectivity index (χ0) is 18.8. The van der Waals surface area contributed by atoms with E-state index in [-0.39, 0.29) is 11.1 Å². The van der Waals surface area contributed by atoms with Gasteiger partial charge in [-0.15, -0.1) is 0 Å². The molecule has 7 heteroatoms. The van der Waals surface area contributed by atoms with Gasteiger partial charge in [-0.1, -0.05) is 6.07 Å². The predicted octanol–water partition coefficient (Wildman–Crippen LogP) is 1.80. The van der Waals surface area contributed by atoms with E-state index in [1.807, 2.05) is 18.2 Å². The Labute approximate surface area is 154 Å². The number of nitrogens with zero attached hydrogens (tertiary/aromatic N) is 4. The van der Waals surface area contributed by atoms with E-state index in [4.69, 9.17) is 4.74 Å². The molecule has 4 aromatic rings. The topological polar surface area (TPSA) is 79.0 Å². The Morgan fingerprint density at radius 2 is 1.67 bits per heavy atom. The second kappa shape index (κ2) is 7.13. The first-order chi connectivity index (χ1) is 13.2. The van der Waals surface area contributed by atoms with E-state index in [9.17, 15) is 9.59 Å². The first-order valence-electron chi connectivity index (χ1n) is 8.59. The number of ether oxygens (including phenoxy) is 1. The minimum atomic E-state index is -0.195. The summed E-state index contributed by atoms with van der Waals surface area (Å²) in [6.45, 7) is 1.24. The molecule has 4 rings (SSSR count). The van der Waals surface area contributed by atoms with Crippen molar-refractivity contribution in [2.24, 2.45) is 0 Å². The maximum Gasteiger partial charge on any atom is 0.260 e. The van der Waals surface area contributed by atoms with Crippen molar-refractivity contribution in [3.05, 3.63) is 81.4 Å². The maximum atomic E-state index is 12.9. The van der Waals surface area contributed by atoms with Gasteiger partial charge >= 0.3 is 0 Å². The van der Waals surface area contributed by atoms with Crippen molar-refractivity contribution in [3.63, 3.8) is 0 Å². The molecule has 7 nitrogen and oxygen atoms in total. The first kappa shape index (κ1) is 17.1. The Morgan fingerprint density at radius 3 is 2.33 bits per heavy atom. The van der Waals surface area contributed by atoms with E-state index in [0.717, 1.165) is 5.69 Å². The van der Waals surface area contributed by atoms with Crippen LogP contribution in [-0.4, -0.2) is 32.8 Å². The zero-order valence-corrected chi connectivity index (χ0v) is 14.8. The fourth-order valence-corrected chi connectivity index (χ4v) is 3.06. The zero-order valence-electron chi connectivity index (χ0n) is 14.8. The van der Waals surface area contributed by atoms with Crippen LogP contribution in [0.2, 0.25) is 0 Å². The van der Waals surface area contributed by atoms with Crippen LogP contribution in [0.1, 0.15) is 5.69 Å². The van der Waals surface area contributed by atoms with Crippen LogP contribution in [0.5, 0.6) is 0 Å². The van der Waals surface area contributed by atoms with Crippen LogP contribution in [-0.2, 0) is 17.8 Å². The maximum absolute atomic E-state index is 12.9. The van der Waals surface area contributed by atoms with Crippen molar-refractivity contribution in [1.82, 2.24) is 19.1 Å². The molecule has 0 spiro atoms. The number of fused-ring (bicyclic) bond motifs is 2. The fourth-order valence-electron chi connectivity index (χ4n) is 3.06. The smallest absolute Gasteiger partial charge is 0.260 e. The van der Waals surface area contributed by atoms with Gasteiger partial charge in [0.2, 0.25) is 0 Å². The van der Waals surface area contributed by atoms with Crippen LogP contribution in [0.3, 0.4) is 0 Å². The lowest BCUT2D eigenvalue weighted by molar-refractivity contribution is 0.186. The van der Waals surface area contributed by atoms with E-state index >= 15 is 0 Å². The highest BCUT2D eigenvalue weighted by Crippen LogP contribution is 2.14. The standard InChI is InChI=1S/C20H18N4O3/c1-27-11-10-23-8-5-17-15(19(23)25)12-16-18(22-17)6-9-24(20(16)26)13-14-4-2-3-7-21-14/h2-9,12H,10-11,13H2,1H3. The van der Waals surface area contributed by atoms with Crippen LogP contribution in [0.25, 0.3) is 21.8 Å². The molecule has 0 radical (unpaired) electrons. The predicted molar refractivity (Wildman–Crippen MR) is 103 cm³/mol. The average Bonchev–Trinajstić information content (AvgIpc) is 2.70. The summed E-state index contributed by atoms with van der Waals surface area (Å²) < 4.78 is 8.18. The Bertz CT molecular complexity index is 1230. The average molecular weight is 362 g/mol. The highest BCUT2D eigenvalue weighted by atomic mass is 16.5. The number of aromatic nitrogens is 4. The Hall–Kier alpha value is -3.32. The molecule has 0 saturated heterocycles. The molecule has 0 aromatic carbocycles. The summed E-state index contributed by atoms with van der Waals surface area (Å²) in [5, 5.41) is 0.844. The van der Waals surface area contributed by atoms with Gasteiger partial charge < -0.3 is 13.9 Å². The number of rotatable bonds is 5. The largest absolute Gasteiger partial charge is 0.383 e. The summed E-state index contributed by atoms with van der Waals surface area (Å²) in [6.07, 6.45) is 5.10. The lowest BCUT2D eigenvalue weighted by Gasteiger charge is -2.09. The molecule has 4 heterocycles. The van der Waals surface area contributed by atoms with Crippen LogP contribution < -0.4 is 11.1 Å². The molecule has 0 aliphatic carbocycles. The quantitative estimate of drug-likeness (QED) is 0.506. The number of methoxy groups -OCH3 is 1. The SMILES string of the molecule is COCCn1ccc2nc3ccn(Cc4ccccn4)c(=O)c3cc2c1=O. The molecule has 0 amide bonds. The number of pyridine rings is 4. The van der Waals surface area contributed by atoms with Crippen LogP contribution in [0.4, 0.5) is 0 Å². The van der Waals surface area contributed by atoms with Gasteiger partial charge in [0.05, 0.1) is 40.7 Å². The van der Waals surface area contributed by atoms with Gasteiger partial charge in [-0.2, -0.15) is 0 Å². The molecule has 0 aliphatic heterocycles. The van der Waals surface area contributed by atoms with Gasteiger partial charge in [0.25, 0.3) is 11.1 Å². The van der Waals surface area contributed by atoms with Gasteiger partial charge in [0, 0.05) is 32.2 Å². The van der Waals surface area contributed by atoms with Gasteiger partial charge in [-0.05, 0) is 30.3 Å². The molecule has 0 aliphatic rings. The van der Waals surface area contributed by atoms with E-state index in [0.29, 0.717) is 41.5 Å². The summed E-state index contributed by atoms with van der Waals surface area (Å²) in [5.41, 5.74) is 1.55. The summed E-state index contributed by atoms with van der Waals surface area (Å²) in [7, 11) is 1.59. The summed E-state index contributed by atoms with van der Waals surface area (Å²) in [4.78, 5) is 34.4. The molecule has 0 saturated carbocycles. The third kappa shape index (κ3) is 3.24. The van der Waals surface area contributed by atoms with E-state index in [1.165, 1.54) is 0 Å². The Balaban J connectivity index is 1.85. The Kier molecular flexibility index (Phi) is 4.52. The van der Waals surface area contributed by atoms with Gasteiger partial charge in [0.1, 0.15) is 0 Å². The van der Waals surface area contributed by atoms with Crippen molar-refractivity contribution < 1.29 is 4.74 Å². The molecule has 0 fully saturated rings. The second-order valence-corrected chi connectivity index (χ2v) is 6.23. The molecule has 136 valence electrons. The monoisotopic (exact) mass is 362 g/mol. The summed E-state index contributed by atoms with van der Waals surface area (Å²) in [6, 6.07) is 10.8. The number of hydrogen-bond donors (Lipinski definition) is 0. The lowest BCUT2D eigenvalue weighted by Crippen LogP contribution is -2.23.